The van der Waals surface area contributed by atoms with E-state index in [1.165, 1.54) is 0 Å². The lowest BCUT2D eigenvalue weighted by Crippen LogP contribution is -2.41. The zero-order valence-corrected chi connectivity index (χ0v) is 13.4. The summed E-state index contributed by atoms with van der Waals surface area (Å²) < 4.78 is 27.1. The minimum atomic E-state index is -1.54. The SMILES string of the molecule is CC1(c2ccccc2)NC(=O)N(CC(O)c2cc(F)ccc2F)C1=O. The van der Waals surface area contributed by atoms with Gasteiger partial charge in [0.05, 0.1) is 6.54 Å². The molecule has 0 radical (unpaired) electrons. The molecule has 2 N–H and O–H groups in total. The van der Waals surface area contributed by atoms with E-state index in [1.54, 1.807) is 37.3 Å². The lowest BCUT2D eigenvalue weighted by molar-refractivity contribution is -0.132. The number of hydrogen-bond acceptors (Lipinski definition) is 3. The standard InChI is InChI=1S/C18H16F2N2O3/c1-18(11-5-3-2-4-6-11)16(24)22(17(25)21-18)10-15(23)13-9-12(19)7-8-14(13)20/h2-9,15,23H,10H2,1H3,(H,21,25). The molecule has 3 amide bonds. The van der Waals surface area contributed by atoms with Crippen molar-refractivity contribution in [2.45, 2.75) is 18.6 Å². The maximum atomic E-state index is 13.8. The first-order valence-electron chi connectivity index (χ1n) is 7.65. The number of halogens is 2. The summed E-state index contributed by atoms with van der Waals surface area (Å²) in [7, 11) is 0. The highest BCUT2D eigenvalue weighted by Gasteiger charge is 2.49. The third-order valence-corrected chi connectivity index (χ3v) is 4.30. The van der Waals surface area contributed by atoms with Crippen LogP contribution in [0.4, 0.5) is 13.6 Å². The van der Waals surface area contributed by atoms with Gasteiger partial charge in [0.1, 0.15) is 23.3 Å². The van der Waals surface area contributed by atoms with E-state index in [2.05, 4.69) is 5.32 Å². The van der Waals surface area contributed by atoms with Crippen LogP contribution in [0.2, 0.25) is 0 Å². The fourth-order valence-electron chi connectivity index (χ4n) is 2.87. The molecule has 0 aliphatic carbocycles. The number of carbonyl (C=O) groups is 2. The molecule has 1 aliphatic rings. The summed E-state index contributed by atoms with van der Waals surface area (Å²) in [6.45, 7) is 1.07. The zero-order valence-electron chi connectivity index (χ0n) is 13.4. The second-order valence-electron chi connectivity index (χ2n) is 6.02. The second-order valence-corrected chi connectivity index (χ2v) is 6.02. The number of amides is 3. The van der Waals surface area contributed by atoms with Crippen LogP contribution in [0.1, 0.15) is 24.2 Å². The Morgan fingerprint density at radius 1 is 1.16 bits per heavy atom. The topological polar surface area (TPSA) is 69.6 Å². The fourth-order valence-corrected chi connectivity index (χ4v) is 2.87. The first-order chi connectivity index (χ1) is 11.8. The Morgan fingerprint density at radius 3 is 2.52 bits per heavy atom. The molecule has 25 heavy (non-hydrogen) atoms. The highest BCUT2D eigenvalue weighted by molar-refractivity contribution is 6.07. The summed E-state index contributed by atoms with van der Waals surface area (Å²) in [4.78, 5) is 25.7. The minimum absolute atomic E-state index is 0.311. The molecular formula is C18H16F2N2O3. The maximum Gasteiger partial charge on any atom is 0.325 e. The highest BCUT2D eigenvalue weighted by Crippen LogP contribution is 2.30. The summed E-state index contributed by atoms with van der Waals surface area (Å²) in [6, 6.07) is 10.6. The Morgan fingerprint density at radius 2 is 1.84 bits per heavy atom. The number of nitrogens with one attached hydrogen (secondary N) is 1. The van der Waals surface area contributed by atoms with E-state index in [4.69, 9.17) is 0 Å². The third-order valence-electron chi connectivity index (χ3n) is 4.30. The number of carbonyl (C=O) groups excluding carboxylic acids is 2. The molecule has 1 saturated heterocycles. The van der Waals surface area contributed by atoms with Gasteiger partial charge >= 0.3 is 6.03 Å². The van der Waals surface area contributed by atoms with Gasteiger partial charge in [-0.2, -0.15) is 0 Å². The lowest BCUT2D eigenvalue weighted by Gasteiger charge is -2.23. The van der Waals surface area contributed by atoms with Crippen LogP contribution in [-0.2, 0) is 10.3 Å². The summed E-state index contributed by atoms with van der Waals surface area (Å²) in [5.41, 5.74) is -1.00. The lowest BCUT2D eigenvalue weighted by atomic mass is 9.92. The number of aliphatic hydroxyl groups excluding tert-OH is 1. The molecule has 130 valence electrons. The van der Waals surface area contributed by atoms with Crippen molar-refractivity contribution in [2.75, 3.05) is 6.54 Å². The molecule has 3 rings (SSSR count). The molecule has 2 aromatic carbocycles. The van der Waals surface area contributed by atoms with Crippen LogP contribution in [0.5, 0.6) is 0 Å². The number of nitrogens with zero attached hydrogens (tertiary/aromatic N) is 1. The normalized spacial score (nSPS) is 21.4. The quantitative estimate of drug-likeness (QED) is 0.836. The molecule has 1 heterocycles. The van der Waals surface area contributed by atoms with Gasteiger partial charge in [0, 0.05) is 5.56 Å². The number of hydrogen-bond donors (Lipinski definition) is 2. The van der Waals surface area contributed by atoms with Gasteiger partial charge in [-0.3, -0.25) is 9.69 Å². The molecule has 1 fully saturated rings. The summed E-state index contributed by atoms with van der Waals surface area (Å²) in [5, 5.41) is 12.8. The third kappa shape index (κ3) is 2.98. The fraction of sp³-hybridized carbons (Fsp3) is 0.222. The van der Waals surface area contributed by atoms with Gasteiger partial charge in [-0.1, -0.05) is 30.3 Å². The molecule has 2 atom stereocenters. The van der Waals surface area contributed by atoms with Crippen molar-refractivity contribution < 1.29 is 23.5 Å². The Kier molecular flexibility index (Phi) is 4.26. The van der Waals surface area contributed by atoms with Crippen molar-refractivity contribution in [3.63, 3.8) is 0 Å². The Bertz CT molecular complexity index is 828. The summed E-state index contributed by atoms with van der Waals surface area (Å²) >= 11 is 0. The van der Waals surface area contributed by atoms with Crippen molar-refractivity contribution in [3.8, 4) is 0 Å². The van der Waals surface area contributed by atoms with E-state index in [0.29, 0.717) is 5.56 Å². The second kappa shape index (κ2) is 6.25. The number of rotatable bonds is 4. The van der Waals surface area contributed by atoms with E-state index in [0.717, 1.165) is 23.1 Å². The number of β-amino-alcohol motifs (C(OH)–C–C–N with tert-alkyl or cyclic N) is 1. The summed E-state index contributed by atoms with van der Waals surface area (Å²) in [5.74, 6) is -2.10. The van der Waals surface area contributed by atoms with Gasteiger partial charge in [-0.05, 0) is 30.7 Å². The van der Waals surface area contributed by atoms with Gasteiger partial charge < -0.3 is 10.4 Å². The maximum absolute atomic E-state index is 13.8. The predicted octanol–water partition coefficient (Wildman–Crippen LogP) is 2.47. The molecule has 0 aromatic heterocycles. The van der Waals surface area contributed by atoms with Gasteiger partial charge in [0.15, 0.2) is 0 Å². The molecular weight excluding hydrogens is 330 g/mol. The number of benzene rings is 2. The molecule has 7 heteroatoms. The smallest absolute Gasteiger partial charge is 0.325 e. The van der Waals surface area contributed by atoms with Crippen LogP contribution < -0.4 is 5.32 Å². The van der Waals surface area contributed by atoms with Crippen molar-refractivity contribution in [1.82, 2.24) is 10.2 Å². The predicted molar refractivity (Wildman–Crippen MR) is 85.4 cm³/mol. The first kappa shape index (κ1) is 17.0. The average molecular weight is 346 g/mol. The average Bonchev–Trinajstić information content (AvgIpc) is 2.82. The zero-order chi connectivity index (χ0) is 18.2. The highest BCUT2D eigenvalue weighted by atomic mass is 19.1. The van der Waals surface area contributed by atoms with E-state index >= 15 is 0 Å². The molecule has 0 bridgehead atoms. The Balaban J connectivity index is 1.85. The van der Waals surface area contributed by atoms with E-state index in [1.807, 2.05) is 0 Å². The number of aliphatic hydroxyl groups is 1. The van der Waals surface area contributed by atoms with Gasteiger partial charge in [0.25, 0.3) is 5.91 Å². The first-order valence-corrected chi connectivity index (χ1v) is 7.65. The monoisotopic (exact) mass is 346 g/mol. The van der Waals surface area contributed by atoms with Gasteiger partial charge in [0.2, 0.25) is 0 Å². The summed E-state index contributed by atoms with van der Waals surface area (Å²) in [6.07, 6.45) is -1.54. The van der Waals surface area contributed by atoms with Gasteiger partial charge in [-0.15, -0.1) is 0 Å². The van der Waals surface area contributed by atoms with Crippen molar-refractivity contribution >= 4 is 11.9 Å². The van der Waals surface area contributed by atoms with E-state index in [9.17, 15) is 23.5 Å². The minimum Gasteiger partial charge on any atom is -0.386 e. The van der Waals surface area contributed by atoms with Crippen LogP contribution in [0.25, 0.3) is 0 Å². The van der Waals surface area contributed by atoms with Crippen molar-refractivity contribution in [1.29, 1.82) is 0 Å². The Labute approximate surface area is 142 Å². The number of imide groups is 1. The largest absolute Gasteiger partial charge is 0.386 e. The van der Waals surface area contributed by atoms with Crippen LogP contribution in [0, 0.1) is 11.6 Å². The van der Waals surface area contributed by atoms with Crippen LogP contribution >= 0.6 is 0 Å². The molecule has 0 spiro atoms. The van der Waals surface area contributed by atoms with E-state index in [-0.39, 0.29) is 5.56 Å². The number of urea groups is 1. The van der Waals surface area contributed by atoms with Crippen molar-refractivity contribution in [3.05, 3.63) is 71.3 Å². The van der Waals surface area contributed by atoms with Crippen LogP contribution in [-0.4, -0.2) is 28.5 Å². The van der Waals surface area contributed by atoms with Crippen LogP contribution in [0.3, 0.4) is 0 Å². The molecule has 2 aromatic rings. The van der Waals surface area contributed by atoms with Gasteiger partial charge in [-0.25, -0.2) is 13.6 Å². The Hall–Kier alpha value is -2.80. The molecule has 5 nitrogen and oxygen atoms in total. The van der Waals surface area contributed by atoms with Crippen LogP contribution in [0.15, 0.2) is 48.5 Å². The van der Waals surface area contributed by atoms with E-state index < -0.39 is 41.8 Å². The molecule has 2 unspecified atom stereocenters. The molecule has 1 aliphatic heterocycles. The van der Waals surface area contributed by atoms with Crippen molar-refractivity contribution in [2.24, 2.45) is 0 Å². The molecule has 0 saturated carbocycles.